The first kappa shape index (κ1) is 17.8. The quantitative estimate of drug-likeness (QED) is 0.564. The molecular formula is C21H21N5O2. The molecular weight excluding hydrogens is 354 g/mol. The highest BCUT2D eigenvalue weighted by Gasteiger charge is 2.14. The maximum atomic E-state index is 5.45. The van der Waals surface area contributed by atoms with Crippen LogP contribution in [0.4, 0.5) is 11.5 Å². The molecule has 0 amide bonds. The third kappa shape index (κ3) is 3.11. The molecule has 0 spiro atoms. The lowest BCUT2D eigenvalue weighted by Crippen LogP contribution is -2.02. The summed E-state index contributed by atoms with van der Waals surface area (Å²) in [7, 11) is 3.25. The molecule has 0 bridgehead atoms. The second kappa shape index (κ2) is 7.19. The Morgan fingerprint density at radius 1 is 0.964 bits per heavy atom. The lowest BCUT2D eigenvalue weighted by Gasteiger charge is -2.12. The van der Waals surface area contributed by atoms with Crippen LogP contribution in [-0.2, 0) is 0 Å². The van der Waals surface area contributed by atoms with E-state index in [0.717, 1.165) is 33.7 Å². The molecule has 0 aliphatic rings. The van der Waals surface area contributed by atoms with Gasteiger partial charge in [0.2, 0.25) is 0 Å². The molecule has 0 saturated heterocycles. The van der Waals surface area contributed by atoms with Gasteiger partial charge in [0.25, 0.3) is 0 Å². The first-order valence-corrected chi connectivity index (χ1v) is 8.86. The van der Waals surface area contributed by atoms with Gasteiger partial charge in [-0.05, 0) is 37.6 Å². The van der Waals surface area contributed by atoms with Crippen molar-refractivity contribution < 1.29 is 9.47 Å². The number of benzene rings is 2. The maximum absolute atomic E-state index is 5.45. The first-order valence-electron chi connectivity index (χ1n) is 8.86. The fraction of sp³-hybridized carbons (Fsp3) is 0.190. The van der Waals surface area contributed by atoms with Gasteiger partial charge in [-0.15, -0.1) is 0 Å². The van der Waals surface area contributed by atoms with Crippen molar-refractivity contribution in [1.82, 2.24) is 19.7 Å². The zero-order valence-corrected chi connectivity index (χ0v) is 16.2. The van der Waals surface area contributed by atoms with E-state index in [4.69, 9.17) is 9.47 Å². The summed E-state index contributed by atoms with van der Waals surface area (Å²) in [6, 6.07) is 11.8. The van der Waals surface area contributed by atoms with E-state index in [9.17, 15) is 0 Å². The number of fused-ring (bicyclic) bond motifs is 1. The molecule has 2 aromatic heterocycles. The van der Waals surface area contributed by atoms with Crippen LogP contribution in [0.25, 0.3) is 16.7 Å². The summed E-state index contributed by atoms with van der Waals surface area (Å²) in [6.07, 6.45) is 3.29. The predicted molar refractivity (Wildman–Crippen MR) is 109 cm³/mol. The van der Waals surface area contributed by atoms with Crippen LogP contribution >= 0.6 is 0 Å². The summed E-state index contributed by atoms with van der Waals surface area (Å²) in [6.45, 7) is 4.14. The summed E-state index contributed by atoms with van der Waals surface area (Å²) in [5.41, 5.74) is 4.81. The van der Waals surface area contributed by atoms with Gasteiger partial charge < -0.3 is 14.8 Å². The predicted octanol–water partition coefficient (Wildman–Crippen LogP) is 4.19. The Morgan fingerprint density at radius 2 is 1.82 bits per heavy atom. The Bertz CT molecular complexity index is 1150. The number of rotatable bonds is 5. The fourth-order valence-corrected chi connectivity index (χ4v) is 3.20. The summed E-state index contributed by atoms with van der Waals surface area (Å²) < 4.78 is 12.6. The molecule has 2 heterocycles. The highest BCUT2D eigenvalue weighted by atomic mass is 16.5. The van der Waals surface area contributed by atoms with Gasteiger partial charge in [0.1, 0.15) is 23.6 Å². The average Bonchev–Trinajstić information content (AvgIpc) is 3.13. The zero-order chi connectivity index (χ0) is 19.7. The number of methoxy groups -OCH3 is 2. The summed E-state index contributed by atoms with van der Waals surface area (Å²) in [5, 5.41) is 8.69. The molecule has 1 N–H and O–H groups in total. The summed E-state index contributed by atoms with van der Waals surface area (Å²) >= 11 is 0. The number of aromatic nitrogens is 4. The van der Waals surface area contributed by atoms with Crippen molar-refractivity contribution in [2.75, 3.05) is 19.5 Å². The van der Waals surface area contributed by atoms with Crippen molar-refractivity contribution in [3.63, 3.8) is 0 Å². The Labute approximate surface area is 163 Å². The van der Waals surface area contributed by atoms with Crippen LogP contribution in [0.2, 0.25) is 0 Å². The normalized spacial score (nSPS) is 10.9. The van der Waals surface area contributed by atoms with E-state index in [1.807, 2.05) is 22.9 Å². The van der Waals surface area contributed by atoms with Gasteiger partial charge in [-0.2, -0.15) is 5.10 Å². The van der Waals surface area contributed by atoms with E-state index >= 15 is 0 Å². The smallest absolute Gasteiger partial charge is 0.168 e. The Kier molecular flexibility index (Phi) is 4.57. The molecule has 0 aliphatic carbocycles. The van der Waals surface area contributed by atoms with E-state index in [1.165, 1.54) is 11.9 Å². The second-order valence-electron chi connectivity index (χ2n) is 6.50. The molecule has 0 atom stereocenters. The molecule has 0 saturated carbocycles. The highest BCUT2D eigenvalue weighted by Crippen LogP contribution is 2.33. The number of nitrogens with one attached hydrogen (secondary N) is 1. The van der Waals surface area contributed by atoms with Crippen molar-refractivity contribution in [2.24, 2.45) is 0 Å². The molecule has 4 rings (SSSR count). The number of nitrogens with zero attached hydrogens (tertiary/aromatic N) is 4. The first-order chi connectivity index (χ1) is 13.6. The van der Waals surface area contributed by atoms with Crippen LogP contribution in [0.1, 0.15) is 11.1 Å². The average molecular weight is 375 g/mol. The fourth-order valence-electron chi connectivity index (χ4n) is 3.20. The number of hydrogen-bond donors (Lipinski definition) is 1. The summed E-state index contributed by atoms with van der Waals surface area (Å²) in [4.78, 5) is 8.86. The van der Waals surface area contributed by atoms with E-state index in [1.54, 1.807) is 20.4 Å². The van der Waals surface area contributed by atoms with Crippen LogP contribution in [0.3, 0.4) is 0 Å². The van der Waals surface area contributed by atoms with Gasteiger partial charge in [0.15, 0.2) is 5.65 Å². The minimum Gasteiger partial charge on any atom is -0.497 e. The molecule has 4 aromatic rings. The third-order valence-electron chi connectivity index (χ3n) is 4.61. The zero-order valence-electron chi connectivity index (χ0n) is 16.2. The topological polar surface area (TPSA) is 74.1 Å². The van der Waals surface area contributed by atoms with Crippen LogP contribution < -0.4 is 14.8 Å². The molecule has 28 heavy (non-hydrogen) atoms. The molecule has 0 aliphatic heterocycles. The highest BCUT2D eigenvalue weighted by molar-refractivity contribution is 5.90. The SMILES string of the molecule is COc1ccc(OC)c(Nc2ncnc3c2cnn3-c2ccc(C)cc2C)c1. The van der Waals surface area contributed by atoms with Gasteiger partial charge in [0.05, 0.1) is 37.2 Å². The van der Waals surface area contributed by atoms with Crippen molar-refractivity contribution in [3.05, 3.63) is 60.0 Å². The van der Waals surface area contributed by atoms with Gasteiger partial charge in [-0.3, -0.25) is 0 Å². The minimum absolute atomic E-state index is 0.646. The van der Waals surface area contributed by atoms with Gasteiger partial charge >= 0.3 is 0 Å². The molecule has 7 nitrogen and oxygen atoms in total. The maximum Gasteiger partial charge on any atom is 0.168 e. The monoisotopic (exact) mass is 375 g/mol. The van der Waals surface area contributed by atoms with Crippen molar-refractivity contribution in [3.8, 4) is 17.2 Å². The van der Waals surface area contributed by atoms with Gasteiger partial charge in [-0.25, -0.2) is 14.6 Å². The molecule has 2 aromatic carbocycles. The lowest BCUT2D eigenvalue weighted by atomic mass is 10.1. The van der Waals surface area contributed by atoms with Crippen molar-refractivity contribution in [2.45, 2.75) is 13.8 Å². The Balaban J connectivity index is 1.79. The van der Waals surface area contributed by atoms with Crippen molar-refractivity contribution >= 4 is 22.5 Å². The van der Waals surface area contributed by atoms with E-state index in [2.05, 4.69) is 52.4 Å². The molecule has 0 radical (unpaired) electrons. The number of aryl methyl sites for hydroxylation is 2. The van der Waals surface area contributed by atoms with Crippen LogP contribution in [-0.4, -0.2) is 34.0 Å². The van der Waals surface area contributed by atoms with Crippen LogP contribution in [0, 0.1) is 13.8 Å². The molecule has 7 heteroatoms. The standard InChI is InChI=1S/C21H21N5O2/c1-13-5-7-18(14(2)9-13)26-21-16(11-24-26)20(22-12-23-21)25-17-10-15(27-3)6-8-19(17)28-4/h5-12H,1-4H3,(H,22,23,25). The van der Waals surface area contributed by atoms with Crippen LogP contribution in [0.5, 0.6) is 11.5 Å². The largest absolute Gasteiger partial charge is 0.497 e. The van der Waals surface area contributed by atoms with Gasteiger partial charge in [0, 0.05) is 6.07 Å². The molecule has 0 unspecified atom stereocenters. The van der Waals surface area contributed by atoms with E-state index < -0.39 is 0 Å². The summed E-state index contributed by atoms with van der Waals surface area (Å²) in [5.74, 6) is 2.06. The minimum atomic E-state index is 0.646. The van der Waals surface area contributed by atoms with Crippen molar-refractivity contribution in [1.29, 1.82) is 0 Å². The number of ether oxygens (including phenoxy) is 2. The second-order valence-corrected chi connectivity index (χ2v) is 6.50. The van der Waals surface area contributed by atoms with E-state index in [-0.39, 0.29) is 0 Å². The molecule has 0 fully saturated rings. The number of hydrogen-bond acceptors (Lipinski definition) is 6. The van der Waals surface area contributed by atoms with E-state index in [0.29, 0.717) is 11.6 Å². The lowest BCUT2D eigenvalue weighted by molar-refractivity contribution is 0.405. The van der Waals surface area contributed by atoms with Gasteiger partial charge in [-0.1, -0.05) is 17.7 Å². The third-order valence-corrected chi connectivity index (χ3v) is 4.61. The molecule has 142 valence electrons. The number of anilines is 2. The Morgan fingerprint density at radius 3 is 2.57 bits per heavy atom. The van der Waals surface area contributed by atoms with Crippen LogP contribution in [0.15, 0.2) is 48.9 Å². The Hall–Kier alpha value is -3.61.